The SMILES string of the molecule is CCNc1cncc(N2CCN(CC(C)C)CC2)n1. The third-order valence-corrected chi connectivity index (χ3v) is 3.30. The van der Waals surface area contributed by atoms with Gasteiger partial charge in [-0.1, -0.05) is 13.8 Å². The highest BCUT2D eigenvalue weighted by Crippen LogP contribution is 2.15. The molecule has 0 spiro atoms. The summed E-state index contributed by atoms with van der Waals surface area (Å²) in [7, 11) is 0. The van der Waals surface area contributed by atoms with Crippen molar-refractivity contribution in [1.29, 1.82) is 0 Å². The van der Waals surface area contributed by atoms with Crippen molar-refractivity contribution in [3.8, 4) is 0 Å². The summed E-state index contributed by atoms with van der Waals surface area (Å²) in [5.41, 5.74) is 0. The average Bonchev–Trinajstić information content (AvgIpc) is 2.40. The van der Waals surface area contributed by atoms with Gasteiger partial charge < -0.3 is 10.2 Å². The first kappa shape index (κ1) is 14.1. The van der Waals surface area contributed by atoms with Gasteiger partial charge in [0, 0.05) is 39.3 Å². The minimum absolute atomic E-state index is 0.739. The van der Waals surface area contributed by atoms with Gasteiger partial charge in [0.05, 0.1) is 12.4 Å². The Hall–Kier alpha value is -1.36. The predicted octanol–water partition coefficient (Wildman–Crippen LogP) is 1.69. The number of hydrogen-bond donors (Lipinski definition) is 1. The second-order valence-electron chi connectivity index (χ2n) is 5.47. The summed E-state index contributed by atoms with van der Waals surface area (Å²) in [5.74, 6) is 2.59. The van der Waals surface area contributed by atoms with E-state index >= 15 is 0 Å². The van der Waals surface area contributed by atoms with Crippen LogP contribution in [0.3, 0.4) is 0 Å². The Morgan fingerprint density at radius 3 is 2.58 bits per heavy atom. The number of anilines is 2. The molecule has 1 aromatic heterocycles. The smallest absolute Gasteiger partial charge is 0.149 e. The fraction of sp³-hybridized carbons (Fsp3) is 0.714. The zero-order valence-corrected chi connectivity index (χ0v) is 12.3. The molecule has 19 heavy (non-hydrogen) atoms. The van der Waals surface area contributed by atoms with Gasteiger partial charge in [0.1, 0.15) is 11.6 Å². The monoisotopic (exact) mass is 263 g/mol. The molecular formula is C14H25N5. The van der Waals surface area contributed by atoms with Crippen LogP contribution in [0.5, 0.6) is 0 Å². The van der Waals surface area contributed by atoms with Gasteiger partial charge in [0.25, 0.3) is 0 Å². The Kier molecular flexibility index (Phi) is 4.96. The van der Waals surface area contributed by atoms with Crippen molar-refractivity contribution in [2.75, 3.05) is 49.5 Å². The molecule has 5 heteroatoms. The molecule has 0 unspecified atom stereocenters. The van der Waals surface area contributed by atoms with Crippen molar-refractivity contribution in [2.24, 2.45) is 5.92 Å². The molecular weight excluding hydrogens is 238 g/mol. The van der Waals surface area contributed by atoms with E-state index in [4.69, 9.17) is 0 Å². The third-order valence-electron chi connectivity index (χ3n) is 3.30. The molecule has 2 heterocycles. The number of hydrogen-bond acceptors (Lipinski definition) is 5. The summed E-state index contributed by atoms with van der Waals surface area (Å²) in [6, 6.07) is 0. The maximum Gasteiger partial charge on any atom is 0.149 e. The topological polar surface area (TPSA) is 44.3 Å². The van der Waals surface area contributed by atoms with Gasteiger partial charge in [-0.2, -0.15) is 0 Å². The van der Waals surface area contributed by atoms with Crippen molar-refractivity contribution >= 4 is 11.6 Å². The molecule has 1 aromatic rings. The molecule has 0 atom stereocenters. The normalized spacial score (nSPS) is 16.9. The molecule has 1 aliphatic heterocycles. The summed E-state index contributed by atoms with van der Waals surface area (Å²) >= 11 is 0. The van der Waals surface area contributed by atoms with Crippen LogP contribution in [0.4, 0.5) is 11.6 Å². The van der Waals surface area contributed by atoms with Crippen molar-refractivity contribution < 1.29 is 0 Å². The van der Waals surface area contributed by atoms with Crippen LogP contribution < -0.4 is 10.2 Å². The highest BCUT2D eigenvalue weighted by atomic mass is 15.3. The number of piperazine rings is 1. The van der Waals surface area contributed by atoms with E-state index in [2.05, 4.69) is 45.9 Å². The van der Waals surface area contributed by atoms with E-state index in [0.29, 0.717) is 0 Å². The standard InChI is InChI=1S/C14H25N5/c1-4-16-13-9-15-10-14(17-13)19-7-5-18(6-8-19)11-12(2)3/h9-10,12H,4-8,11H2,1-3H3,(H,16,17). The van der Waals surface area contributed by atoms with Crippen LogP contribution in [0.15, 0.2) is 12.4 Å². The van der Waals surface area contributed by atoms with Gasteiger partial charge in [0.2, 0.25) is 0 Å². The molecule has 0 bridgehead atoms. The largest absolute Gasteiger partial charge is 0.369 e. The van der Waals surface area contributed by atoms with Crippen LogP contribution in [0, 0.1) is 5.92 Å². The highest BCUT2D eigenvalue weighted by molar-refractivity contribution is 5.44. The highest BCUT2D eigenvalue weighted by Gasteiger charge is 2.18. The quantitative estimate of drug-likeness (QED) is 0.876. The van der Waals surface area contributed by atoms with E-state index in [-0.39, 0.29) is 0 Å². The minimum atomic E-state index is 0.739. The molecule has 0 aliphatic carbocycles. The number of rotatable bonds is 5. The summed E-state index contributed by atoms with van der Waals surface area (Å²) in [4.78, 5) is 13.7. The average molecular weight is 263 g/mol. The van der Waals surface area contributed by atoms with Crippen LogP contribution >= 0.6 is 0 Å². The van der Waals surface area contributed by atoms with E-state index < -0.39 is 0 Å². The van der Waals surface area contributed by atoms with E-state index in [1.807, 2.05) is 6.20 Å². The second kappa shape index (κ2) is 6.70. The number of nitrogens with zero attached hydrogens (tertiary/aromatic N) is 4. The third kappa shape index (κ3) is 4.06. The van der Waals surface area contributed by atoms with Crippen molar-refractivity contribution in [3.05, 3.63) is 12.4 Å². The lowest BCUT2D eigenvalue weighted by molar-refractivity contribution is 0.231. The zero-order valence-electron chi connectivity index (χ0n) is 12.3. The number of aromatic nitrogens is 2. The summed E-state index contributed by atoms with van der Waals surface area (Å²) in [5, 5.41) is 3.21. The van der Waals surface area contributed by atoms with Crippen molar-refractivity contribution in [3.63, 3.8) is 0 Å². The first-order valence-electron chi connectivity index (χ1n) is 7.22. The Labute approximate surface area is 116 Å². The minimum Gasteiger partial charge on any atom is -0.369 e. The number of nitrogens with one attached hydrogen (secondary N) is 1. The molecule has 106 valence electrons. The van der Waals surface area contributed by atoms with E-state index in [1.54, 1.807) is 6.20 Å². The van der Waals surface area contributed by atoms with Crippen LogP contribution in [0.25, 0.3) is 0 Å². The second-order valence-corrected chi connectivity index (χ2v) is 5.47. The fourth-order valence-corrected chi connectivity index (χ4v) is 2.45. The molecule has 1 aliphatic rings. The molecule has 2 rings (SSSR count). The lowest BCUT2D eigenvalue weighted by atomic mass is 10.2. The molecule has 0 aromatic carbocycles. The Morgan fingerprint density at radius 1 is 1.21 bits per heavy atom. The Balaban J connectivity index is 1.92. The van der Waals surface area contributed by atoms with E-state index in [0.717, 1.165) is 50.3 Å². The molecule has 1 saturated heterocycles. The summed E-state index contributed by atoms with van der Waals surface area (Å²) in [6.45, 7) is 13.0. The summed E-state index contributed by atoms with van der Waals surface area (Å²) < 4.78 is 0. The molecule has 1 fully saturated rings. The molecule has 0 amide bonds. The van der Waals surface area contributed by atoms with Gasteiger partial charge in [-0.15, -0.1) is 0 Å². The maximum atomic E-state index is 4.61. The summed E-state index contributed by atoms with van der Waals surface area (Å²) in [6.07, 6.45) is 3.64. The lowest BCUT2D eigenvalue weighted by Crippen LogP contribution is -2.47. The fourth-order valence-electron chi connectivity index (χ4n) is 2.45. The van der Waals surface area contributed by atoms with Gasteiger partial charge >= 0.3 is 0 Å². The van der Waals surface area contributed by atoms with Gasteiger partial charge in [-0.3, -0.25) is 9.88 Å². The molecule has 5 nitrogen and oxygen atoms in total. The Bertz CT molecular complexity index is 385. The van der Waals surface area contributed by atoms with Gasteiger partial charge in [-0.25, -0.2) is 4.98 Å². The van der Waals surface area contributed by atoms with Crippen LogP contribution in [0.1, 0.15) is 20.8 Å². The molecule has 0 saturated carbocycles. The first-order valence-corrected chi connectivity index (χ1v) is 7.22. The maximum absolute atomic E-state index is 4.61. The zero-order chi connectivity index (χ0) is 13.7. The Morgan fingerprint density at radius 2 is 1.95 bits per heavy atom. The van der Waals surface area contributed by atoms with Crippen molar-refractivity contribution in [1.82, 2.24) is 14.9 Å². The van der Waals surface area contributed by atoms with Gasteiger partial charge in [0.15, 0.2) is 0 Å². The van der Waals surface area contributed by atoms with E-state index in [9.17, 15) is 0 Å². The van der Waals surface area contributed by atoms with Crippen LogP contribution in [-0.2, 0) is 0 Å². The van der Waals surface area contributed by atoms with Crippen LogP contribution in [-0.4, -0.2) is 54.1 Å². The molecule has 0 radical (unpaired) electrons. The van der Waals surface area contributed by atoms with Gasteiger partial charge in [-0.05, 0) is 12.8 Å². The van der Waals surface area contributed by atoms with E-state index in [1.165, 1.54) is 6.54 Å². The van der Waals surface area contributed by atoms with Crippen molar-refractivity contribution in [2.45, 2.75) is 20.8 Å². The predicted molar refractivity (Wildman–Crippen MR) is 79.7 cm³/mol. The first-order chi connectivity index (χ1) is 9.19. The van der Waals surface area contributed by atoms with Crippen LogP contribution in [0.2, 0.25) is 0 Å². The lowest BCUT2D eigenvalue weighted by Gasteiger charge is -2.36. The molecule has 1 N–H and O–H groups in total.